The number of benzene rings is 1. The molecule has 3 heterocycles. The van der Waals surface area contributed by atoms with Crippen molar-refractivity contribution < 1.29 is 0 Å². The normalized spacial score (nSPS) is 19.0. The number of rotatable bonds is 3. The van der Waals surface area contributed by atoms with Crippen LogP contribution in [0.5, 0.6) is 0 Å². The number of hydrogen-bond donors (Lipinski definition) is 1. The molecule has 1 fully saturated rings. The maximum absolute atomic E-state index is 5.96. The topological polar surface area (TPSA) is 59.5 Å². The Hall–Kier alpha value is -2.24. The lowest BCUT2D eigenvalue weighted by Gasteiger charge is -2.14. The van der Waals surface area contributed by atoms with Gasteiger partial charge >= 0.3 is 0 Å². The van der Waals surface area contributed by atoms with Crippen LogP contribution >= 0.6 is 0 Å². The second-order valence-electron chi connectivity index (χ2n) is 5.94. The minimum Gasteiger partial charge on any atom is -0.326 e. The van der Waals surface area contributed by atoms with E-state index in [1.54, 1.807) is 0 Å². The molecule has 5 heteroatoms. The van der Waals surface area contributed by atoms with Gasteiger partial charge in [-0.1, -0.05) is 30.3 Å². The zero-order valence-electron chi connectivity index (χ0n) is 12.4. The second kappa shape index (κ2) is 5.51. The Bertz CT molecular complexity index is 780. The smallest absolute Gasteiger partial charge is 0.162 e. The van der Waals surface area contributed by atoms with Crippen LogP contribution in [-0.2, 0) is 6.54 Å². The van der Waals surface area contributed by atoms with Gasteiger partial charge in [-0.3, -0.25) is 4.90 Å². The number of likely N-dealkylation sites (tertiary alicyclic amines) is 1. The van der Waals surface area contributed by atoms with Crippen molar-refractivity contribution in [2.45, 2.75) is 19.0 Å². The lowest BCUT2D eigenvalue weighted by Crippen LogP contribution is -2.26. The van der Waals surface area contributed by atoms with Crippen LogP contribution in [0.4, 0.5) is 0 Å². The third-order valence-electron chi connectivity index (χ3n) is 4.21. The number of nitrogens with zero attached hydrogens (tertiary/aromatic N) is 4. The van der Waals surface area contributed by atoms with Crippen LogP contribution in [0.2, 0.25) is 0 Å². The van der Waals surface area contributed by atoms with Crippen molar-refractivity contribution in [3.8, 4) is 11.1 Å². The van der Waals surface area contributed by atoms with Crippen LogP contribution in [-0.4, -0.2) is 38.6 Å². The number of aromatic nitrogens is 3. The van der Waals surface area contributed by atoms with Crippen LogP contribution in [0.25, 0.3) is 16.8 Å². The minimum atomic E-state index is 0.311. The first-order valence-electron chi connectivity index (χ1n) is 7.65. The van der Waals surface area contributed by atoms with Gasteiger partial charge in [0.1, 0.15) is 0 Å². The van der Waals surface area contributed by atoms with E-state index in [0.29, 0.717) is 6.04 Å². The lowest BCUT2D eigenvalue weighted by atomic mass is 10.1. The Morgan fingerprint density at radius 3 is 2.82 bits per heavy atom. The molecule has 1 unspecified atom stereocenters. The largest absolute Gasteiger partial charge is 0.326 e. The molecule has 1 saturated heterocycles. The van der Waals surface area contributed by atoms with Gasteiger partial charge < -0.3 is 5.73 Å². The van der Waals surface area contributed by atoms with E-state index in [2.05, 4.69) is 33.3 Å². The predicted molar refractivity (Wildman–Crippen MR) is 86.3 cm³/mol. The average molecular weight is 293 g/mol. The molecule has 1 aliphatic rings. The van der Waals surface area contributed by atoms with E-state index < -0.39 is 0 Å². The third-order valence-corrected chi connectivity index (χ3v) is 4.21. The molecule has 0 radical (unpaired) electrons. The zero-order valence-corrected chi connectivity index (χ0v) is 12.4. The summed E-state index contributed by atoms with van der Waals surface area (Å²) in [6.07, 6.45) is 6.98. The molecule has 0 saturated carbocycles. The van der Waals surface area contributed by atoms with Crippen molar-refractivity contribution in [1.82, 2.24) is 19.5 Å². The summed E-state index contributed by atoms with van der Waals surface area (Å²) in [5, 5.41) is 4.46. The molecule has 0 spiro atoms. The molecule has 112 valence electrons. The molecule has 5 nitrogen and oxygen atoms in total. The van der Waals surface area contributed by atoms with Gasteiger partial charge in [-0.15, -0.1) is 0 Å². The van der Waals surface area contributed by atoms with Crippen LogP contribution in [0, 0.1) is 0 Å². The summed E-state index contributed by atoms with van der Waals surface area (Å²) in [6.45, 7) is 2.91. The first-order valence-corrected chi connectivity index (χ1v) is 7.65. The molecule has 22 heavy (non-hydrogen) atoms. The second-order valence-corrected chi connectivity index (χ2v) is 5.94. The van der Waals surface area contributed by atoms with Gasteiger partial charge in [-0.05, 0) is 12.0 Å². The fraction of sp³-hybridized carbons (Fsp3) is 0.294. The summed E-state index contributed by atoms with van der Waals surface area (Å²) in [5.41, 5.74) is 10.2. The molecule has 1 atom stereocenters. The van der Waals surface area contributed by atoms with Crippen molar-refractivity contribution in [1.29, 1.82) is 0 Å². The highest BCUT2D eigenvalue weighted by Crippen LogP contribution is 2.23. The van der Waals surface area contributed by atoms with E-state index in [-0.39, 0.29) is 0 Å². The number of nitrogens with two attached hydrogens (primary N) is 1. The van der Waals surface area contributed by atoms with Gasteiger partial charge in [-0.25, -0.2) is 9.50 Å². The van der Waals surface area contributed by atoms with Gasteiger partial charge in [0.05, 0.1) is 6.20 Å². The van der Waals surface area contributed by atoms with Crippen LogP contribution in [0.3, 0.4) is 0 Å². The first kappa shape index (κ1) is 13.4. The number of hydrogen-bond acceptors (Lipinski definition) is 4. The summed E-state index contributed by atoms with van der Waals surface area (Å²) in [5.74, 6) is 0. The van der Waals surface area contributed by atoms with Crippen LogP contribution in [0.1, 0.15) is 12.0 Å². The SMILES string of the molecule is NC1CCN(Cc2cnc3c(-c4ccccc4)cnn3c2)C1. The molecular weight excluding hydrogens is 274 g/mol. The molecular formula is C17H19N5. The van der Waals surface area contributed by atoms with Crippen molar-refractivity contribution in [2.75, 3.05) is 13.1 Å². The highest BCUT2D eigenvalue weighted by molar-refractivity contribution is 5.76. The minimum absolute atomic E-state index is 0.311. The van der Waals surface area contributed by atoms with Crippen molar-refractivity contribution in [3.63, 3.8) is 0 Å². The maximum Gasteiger partial charge on any atom is 0.162 e. The molecule has 2 N–H and O–H groups in total. The van der Waals surface area contributed by atoms with Crippen LogP contribution in [0.15, 0.2) is 48.9 Å². The molecule has 0 amide bonds. The predicted octanol–water partition coefficient (Wildman–Crippen LogP) is 1.93. The van der Waals surface area contributed by atoms with Gasteiger partial charge in [0.15, 0.2) is 5.65 Å². The summed E-state index contributed by atoms with van der Waals surface area (Å²) in [7, 11) is 0. The maximum atomic E-state index is 5.96. The molecule has 3 aromatic rings. The summed E-state index contributed by atoms with van der Waals surface area (Å²) < 4.78 is 1.87. The van der Waals surface area contributed by atoms with Crippen molar-refractivity contribution in [3.05, 3.63) is 54.5 Å². The fourth-order valence-corrected chi connectivity index (χ4v) is 3.08. The third kappa shape index (κ3) is 2.49. The molecule has 0 bridgehead atoms. The van der Waals surface area contributed by atoms with E-state index in [1.807, 2.05) is 35.1 Å². The Morgan fingerprint density at radius 2 is 2.05 bits per heavy atom. The Morgan fingerprint density at radius 1 is 1.18 bits per heavy atom. The van der Waals surface area contributed by atoms with Gasteiger partial charge in [0, 0.05) is 49.2 Å². The van der Waals surface area contributed by atoms with Gasteiger partial charge in [0.25, 0.3) is 0 Å². The zero-order chi connectivity index (χ0) is 14.9. The number of fused-ring (bicyclic) bond motifs is 1. The average Bonchev–Trinajstić information content (AvgIpc) is 3.14. The van der Waals surface area contributed by atoms with Crippen molar-refractivity contribution >= 4 is 5.65 Å². The van der Waals surface area contributed by atoms with E-state index in [1.165, 1.54) is 5.56 Å². The lowest BCUT2D eigenvalue weighted by molar-refractivity contribution is 0.326. The van der Waals surface area contributed by atoms with Gasteiger partial charge in [0.2, 0.25) is 0 Å². The first-order chi connectivity index (χ1) is 10.8. The molecule has 1 aromatic carbocycles. The summed E-state index contributed by atoms with van der Waals surface area (Å²) >= 11 is 0. The Labute approximate surface area is 129 Å². The summed E-state index contributed by atoms with van der Waals surface area (Å²) in [6, 6.07) is 10.6. The standard InChI is InChI=1S/C17H19N5/c18-15-6-7-21(12-15)10-13-8-19-17-16(9-20-22(17)11-13)14-4-2-1-3-5-14/h1-5,8-9,11,15H,6-7,10,12,18H2. The Balaban J connectivity index is 1.63. The molecule has 0 aliphatic carbocycles. The van der Waals surface area contributed by atoms with Crippen LogP contribution < -0.4 is 5.73 Å². The molecule has 2 aromatic heterocycles. The fourth-order valence-electron chi connectivity index (χ4n) is 3.08. The molecule has 4 rings (SSSR count). The Kier molecular flexibility index (Phi) is 3.36. The van der Waals surface area contributed by atoms with E-state index in [0.717, 1.165) is 42.8 Å². The van der Waals surface area contributed by atoms with E-state index in [9.17, 15) is 0 Å². The van der Waals surface area contributed by atoms with Crippen molar-refractivity contribution in [2.24, 2.45) is 5.73 Å². The van der Waals surface area contributed by atoms with Gasteiger partial charge in [-0.2, -0.15) is 5.10 Å². The highest BCUT2D eigenvalue weighted by atomic mass is 15.2. The molecule has 1 aliphatic heterocycles. The van der Waals surface area contributed by atoms with E-state index in [4.69, 9.17) is 5.73 Å². The monoisotopic (exact) mass is 293 g/mol. The summed E-state index contributed by atoms with van der Waals surface area (Å²) in [4.78, 5) is 6.99. The van der Waals surface area contributed by atoms with E-state index >= 15 is 0 Å². The highest BCUT2D eigenvalue weighted by Gasteiger charge is 2.19. The quantitative estimate of drug-likeness (QED) is 0.801.